The fraction of sp³-hybridized carbons (Fsp3) is 0.417. The number of nitrogens with two attached hydrogens (primary N) is 1. The van der Waals surface area contributed by atoms with Crippen LogP contribution in [0.25, 0.3) is 0 Å². The zero-order valence-electron chi connectivity index (χ0n) is 10.7. The van der Waals surface area contributed by atoms with E-state index < -0.39 is 22.7 Å². The Morgan fingerprint density at radius 2 is 2.21 bits per heavy atom. The summed E-state index contributed by atoms with van der Waals surface area (Å²) in [6.07, 6.45) is 0.694. The molecule has 0 aromatic heterocycles. The number of carbonyl (C=O) groups excluding carboxylic acids is 1. The molecule has 6 nitrogen and oxygen atoms in total. The van der Waals surface area contributed by atoms with Crippen molar-refractivity contribution in [3.05, 3.63) is 34.1 Å². The third kappa shape index (κ3) is 3.72. The van der Waals surface area contributed by atoms with Gasteiger partial charge in [-0.05, 0) is 12.0 Å². The van der Waals surface area contributed by atoms with Gasteiger partial charge >= 0.3 is 0 Å². The molecule has 0 saturated heterocycles. The van der Waals surface area contributed by atoms with Crippen molar-refractivity contribution in [2.24, 2.45) is 11.7 Å². The molecule has 0 fully saturated rings. The maximum Gasteiger partial charge on any atom is 0.292 e. The molecule has 0 aliphatic heterocycles. The summed E-state index contributed by atoms with van der Waals surface area (Å²) >= 11 is 0. The topological polar surface area (TPSA) is 98.3 Å². The van der Waals surface area contributed by atoms with Gasteiger partial charge in [0.05, 0.1) is 11.0 Å². The molecule has 0 aliphatic carbocycles. The van der Waals surface area contributed by atoms with Gasteiger partial charge in [0.15, 0.2) is 0 Å². The maximum absolute atomic E-state index is 13.1. The average molecular weight is 269 g/mol. The Kier molecular flexibility index (Phi) is 4.94. The van der Waals surface area contributed by atoms with Crippen molar-refractivity contribution in [3.63, 3.8) is 0 Å². The van der Waals surface area contributed by atoms with Crippen molar-refractivity contribution in [2.75, 3.05) is 5.32 Å². The van der Waals surface area contributed by atoms with Gasteiger partial charge < -0.3 is 11.1 Å². The van der Waals surface area contributed by atoms with Crippen molar-refractivity contribution in [1.82, 2.24) is 0 Å². The normalized spacial score (nSPS) is 13.7. The van der Waals surface area contributed by atoms with Crippen molar-refractivity contribution in [1.29, 1.82) is 0 Å². The number of anilines is 1. The minimum Gasteiger partial charge on any atom is -0.320 e. The Bertz CT molecular complexity index is 493. The van der Waals surface area contributed by atoms with Gasteiger partial charge in [-0.2, -0.15) is 0 Å². The van der Waals surface area contributed by atoms with Gasteiger partial charge in [-0.1, -0.05) is 20.3 Å². The van der Waals surface area contributed by atoms with Crippen LogP contribution in [0, 0.1) is 21.8 Å². The number of carbonyl (C=O) groups is 1. The molecule has 1 rings (SSSR count). The van der Waals surface area contributed by atoms with E-state index in [4.69, 9.17) is 5.73 Å². The van der Waals surface area contributed by atoms with Crippen LogP contribution in [0.4, 0.5) is 15.8 Å². The van der Waals surface area contributed by atoms with Crippen LogP contribution in [0.5, 0.6) is 0 Å². The Hall–Kier alpha value is -2.02. The molecule has 2 atom stereocenters. The molecule has 0 spiro atoms. The van der Waals surface area contributed by atoms with Gasteiger partial charge in [-0.15, -0.1) is 0 Å². The molecule has 19 heavy (non-hydrogen) atoms. The summed E-state index contributed by atoms with van der Waals surface area (Å²) in [7, 11) is 0. The zero-order valence-corrected chi connectivity index (χ0v) is 10.7. The summed E-state index contributed by atoms with van der Waals surface area (Å²) in [5.41, 5.74) is 5.15. The molecule has 104 valence electrons. The van der Waals surface area contributed by atoms with Crippen molar-refractivity contribution in [3.8, 4) is 0 Å². The van der Waals surface area contributed by atoms with Crippen LogP contribution in [0.1, 0.15) is 20.3 Å². The molecule has 1 aromatic carbocycles. The third-order valence-corrected chi connectivity index (χ3v) is 2.97. The number of hydrogen-bond donors (Lipinski definition) is 2. The summed E-state index contributed by atoms with van der Waals surface area (Å²) < 4.78 is 13.1. The number of nitrogens with one attached hydrogen (secondary N) is 1. The van der Waals surface area contributed by atoms with Crippen molar-refractivity contribution < 1.29 is 14.1 Å². The third-order valence-electron chi connectivity index (χ3n) is 2.97. The molecule has 0 aliphatic rings. The van der Waals surface area contributed by atoms with Gasteiger partial charge in [0, 0.05) is 12.1 Å². The van der Waals surface area contributed by atoms with E-state index in [0.717, 1.165) is 18.2 Å². The molecule has 0 saturated carbocycles. The fourth-order valence-electron chi connectivity index (χ4n) is 1.50. The van der Waals surface area contributed by atoms with Gasteiger partial charge in [0.2, 0.25) is 5.91 Å². The monoisotopic (exact) mass is 269 g/mol. The lowest BCUT2D eigenvalue weighted by Crippen LogP contribution is -2.40. The van der Waals surface area contributed by atoms with E-state index in [2.05, 4.69) is 5.32 Å². The van der Waals surface area contributed by atoms with Crippen LogP contribution in [0.2, 0.25) is 0 Å². The highest BCUT2D eigenvalue weighted by molar-refractivity contribution is 5.96. The van der Waals surface area contributed by atoms with E-state index in [-0.39, 0.29) is 17.3 Å². The minimum atomic E-state index is -0.798. The van der Waals surface area contributed by atoms with Crippen LogP contribution in [-0.2, 0) is 4.79 Å². The Labute approximate surface area is 109 Å². The standard InChI is InChI=1S/C12H16FN3O3/c1-3-7(2)11(14)12(17)15-9-6-8(13)4-5-10(9)16(18)19/h4-7,11H,3,14H2,1-2H3,(H,15,17)/t7-,11-/m0/s1. The molecular weight excluding hydrogens is 253 g/mol. The van der Waals surface area contributed by atoms with Gasteiger partial charge in [-0.25, -0.2) is 4.39 Å². The molecule has 3 N–H and O–H groups in total. The van der Waals surface area contributed by atoms with Crippen LogP contribution in [0.15, 0.2) is 18.2 Å². The number of nitro benzene ring substituents is 1. The molecule has 1 aromatic rings. The second kappa shape index (κ2) is 6.24. The van der Waals surface area contributed by atoms with Crippen LogP contribution >= 0.6 is 0 Å². The van der Waals surface area contributed by atoms with E-state index in [1.165, 1.54) is 0 Å². The highest BCUT2D eigenvalue weighted by Gasteiger charge is 2.23. The Balaban J connectivity index is 2.95. The summed E-state index contributed by atoms with van der Waals surface area (Å²) in [6, 6.07) is 2.06. The lowest BCUT2D eigenvalue weighted by molar-refractivity contribution is -0.384. The first kappa shape index (κ1) is 15.0. The molecule has 0 radical (unpaired) electrons. The largest absolute Gasteiger partial charge is 0.320 e. The number of amides is 1. The number of hydrogen-bond acceptors (Lipinski definition) is 4. The highest BCUT2D eigenvalue weighted by atomic mass is 19.1. The maximum atomic E-state index is 13.1. The van der Waals surface area contributed by atoms with Crippen LogP contribution < -0.4 is 11.1 Å². The smallest absolute Gasteiger partial charge is 0.292 e. The molecule has 1 amide bonds. The van der Waals surface area contributed by atoms with Crippen molar-refractivity contribution in [2.45, 2.75) is 26.3 Å². The molecule has 0 bridgehead atoms. The Morgan fingerprint density at radius 3 is 2.74 bits per heavy atom. The van der Waals surface area contributed by atoms with Crippen LogP contribution in [-0.4, -0.2) is 16.9 Å². The summed E-state index contributed by atoms with van der Waals surface area (Å²) in [4.78, 5) is 21.9. The van der Waals surface area contributed by atoms with Gasteiger partial charge in [0.1, 0.15) is 11.5 Å². The second-order valence-corrected chi connectivity index (χ2v) is 4.32. The molecule has 7 heteroatoms. The SMILES string of the molecule is CC[C@H](C)[C@H](N)C(=O)Nc1cc(F)ccc1[N+](=O)[O-]. The minimum absolute atomic E-state index is 0.0763. The molecular formula is C12H16FN3O3. The zero-order chi connectivity index (χ0) is 14.6. The fourth-order valence-corrected chi connectivity index (χ4v) is 1.50. The lowest BCUT2D eigenvalue weighted by Gasteiger charge is -2.17. The lowest BCUT2D eigenvalue weighted by atomic mass is 9.99. The van der Waals surface area contributed by atoms with Gasteiger partial charge in [-0.3, -0.25) is 14.9 Å². The predicted octanol–water partition coefficient (Wildman–Crippen LogP) is 2.05. The quantitative estimate of drug-likeness (QED) is 0.631. The van der Waals surface area contributed by atoms with Crippen LogP contribution in [0.3, 0.4) is 0 Å². The average Bonchev–Trinajstić information content (AvgIpc) is 2.36. The van der Waals surface area contributed by atoms with E-state index >= 15 is 0 Å². The number of benzene rings is 1. The first-order chi connectivity index (χ1) is 8.86. The first-order valence-electron chi connectivity index (χ1n) is 5.87. The number of nitrogens with zero attached hydrogens (tertiary/aromatic N) is 1. The number of nitro groups is 1. The highest BCUT2D eigenvalue weighted by Crippen LogP contribution is 2.25. The van der Waals surface area contributed by atoms with E-state index in [1.807, 2.05) is 6.92 Å². The van der Waals surface area contributed by atoms with E-state index in [9.17, 15) is 19.3 Å². The van der Waals surface area contributed by atoms with E-state index in [0.29, 0.717) is 6.42 Å². The molecule has 0 heterocycles. The first-order valence-corrected chi connectivity index (χ1v) is 5.87. The number of halogens is 1. The van der Waals surface area contributed by atoms with E-state index in [1.54, 1.807) is 6.92 Å². The molecule has 0 unspecified atom stereocenters. The van der Waals surface area contributed by atoms with Gasteiger partial charge in [0.25, 0.3) is 5.69 Å². The number of rotatable bonds is 5. The summed E-state index contributed by atoms with van der Waals surface area (Å²) in [6.45, 7) is 3.67. The Morgan fingerprint density at radius 1 is 1.58 bits per heavy atom. The predicted molar refractivity (Wildman–Crippen MR) is 69.1 cm³/mol. The second-order valence-electron chi connectivity index (χ2n) is 4.32. The van der Waals surface area contributed by atoms with Crippen molar-refractivity contribution >= 4 is 17.3 Å². The summed E-state index contributed by atoms with van der Waals surface area (Å²) in [5.74, 6) is -1.31. The summed E-state index contributed by atoms with van der Waals surface area (Å²) in [5, 5.41) is 13.1.